The van der Waals surface area contributed by atoms with E-state index in [0.717, 1.165) is 69.6 Å². The van der Waals surface area contributed by atoms with Gasteiger partial charge in [0.05, 0.1) is 0 Å². The number of esters is 3. The van der Waals surface area contributed by atoms with Gasteiger partial charge in [-0.2, -0.15) is 0 Å². The lowest BCUT2D eigenvalue weighted by atomic mass is 10.0. The standard InChI is InChI=1S/C65H126O6/c1-6-7-8-9-10-11-12-13-14-15-16-17-20-25-30-35-40-45-50-55-63(66)69-58-62(59-70-64(67)56-51-46-41-36-31-27-22-24-29-34-39-44-49-54-61(4)5)71-65(68)57-52-47-42-37-32-26-21-18-19-23-28-33-38-43-48-53-60(2)3/h60-62H,6-59H2,1-5H3/t62-/m1/s1. The quantitative estimate of drug-likeness (QED) is 0.0343. The molecule has 0 heterocycles. The molecule has 6 nitrogen and oxygen atoms in total. The molecule has 0 aromatic carbocycles. The highest BCUT2D eigenvalue weighted by Gasteiger charge is 2.19. The lowest BCUT2D eigenvalue weighted by molar-refractivity contribution is -0.167. The molecule has 0 rings (SSSR count). The maximum atomic E-state index is 12.9. The van der Waals surface area contributed by atoms with Crippen LogP contribution in [0.1, 0.15) is 369 Å². The third-order valence-electron chi connectivity index (χ3n) is 15.0. The van der Waals surface area contributed by atoms with E-state index in [-0.39, 0.29) is 31.1 Å². The second-order valence-electron chi connectivity index (χ2n) is 23.4. The number of carbonyl (C=O) groups is 3. The number of unbranched alkanes of at least 4 members (excludes halogenated alkanes) is 44. The van der Waals surface area contributed by atoms with Gasteiger partial charge in [-0.15, -0.1) is 0 Å². The molecule has 422 valence electrons. The Kier molecular flexibility index (Phi) is 56.4. The average Bonchev–Trinajstić information content (AvgIpc) is 3.35. The zero-order valence-electron chi connectivity index (χ0n) is 48.9. The van der Waals surface area contributed by atoms with Gasteiger partial charge in [0, 0.05) is 19.3 Å². The molecule has 0 radical (unpaired) electrons. The van der Waals surface area contributed by atoms with Crippen LogP contribution in [-0.4, -0.2) is 37.2 Å². The average molecular weight is 1000 g/mol. The van der Waals surface area contributed by atoms with E-state index in [1.54, 1.807) is 0 Å². The van der Waals surface area contributed by atoms with E-state index in [1.165, 1.54) is 257 Å². The molecule has 0 aliphatic heterocycles. The fourth-order valence-corrected chi connectivity index (χ4v) is 10.1. The van der Waals surface area contributed by atoms with Crippen LogP contribution in [0.25, 0.3) is 0 Å². The Morgan fingerprint density at radius 3 is 0.690 bits per heavy atom. The van der Waals surface area contributed by atoms with Crippen molar-refractivity contribution in [2.75, 3.05) is 13.2 Å². The van der Waals surface area contributed by atoms with Crippen molar-refractivity contribution in [3.05, 3.63) is 0 Å². The Morgan fingerprint density at radius 1 is 0.268 bits per heavy atom. The summed E-state index contributed by atoms with van der Waals surface area (Å²) >= 11 is 0. The monoisotopic (exact) mass is 1000 g/mol. The van der Waals surface area contributed by atoms with Crippen molar-refractivity contribution in [2.24, 2.45) is 11.8 Å². The second-order valence-corrected chi connectivity index (χ2v) is 23.4. The molecule has 0 N–H and O–H groups in total. The highest BCUT2D eigenvalue weighted by atomic mass is 16.6. The Morgan fingerprint density at radius 2 is 0.465 bits per heavy atom. The van der Waals surface area contributed by atoms with Crippen molar-refractivity contribution in [3.63, 3.8) is 0 Å². The van der Waals surface area contributed by atoms with Gasteiger partial charge in [0.15, 0.2) is 6.10 Å². The van der Waals surface area contributed by atoms with Crippen molar-refractivity contribution < 1.29 is 28.6 Å². The lowest BCUT2D eigenvalue weighted by Gasteiger charge is -2.18. The summed E-state index contributed by atoms with van der Waals surface area (Å²) in [6, 6.07) is 0. The van der Waals surface area contributed by atoms with Gasteiger partial charge in [-0.05, 0) is 31.1 Å². The van der Waals surface area contributed by atoms with Crippen molar-refractivity contribution in [3.8, 4) is 0 Å². The van der Waals surface area contributed by atoms with E-state index in [2.05, 4.69) is 34.6 Å². The molecule has 0 saturated heterocycles. The Hall–Kier alpha value is -1.59. The number of carbonyl (C=O) groups excluding carboxylic acids is 3. The lowest BCUT2D eigenvalue weighted by Crippen LogP contribution is -2.30. The van der Waals surface area contributed by atoms with Crippen LogP contribution in [0, 0.1) is 11.8 Å². The first-order valence-electron chi connectivity index (χ1n) is 32.2. The summed E-state index contributed by atoms with van der Waals surface area (Å²) in [6.45, 7) is 11.5. The molecule has 0 amide bonds. The maximum absolute atomic E-state index is 12.9. The van der Waals surface area contributed by atoms with Crippen LogP contribution in [0.5, 0.6) is 0 Å². The van der Waals surface area contributed by atoms with E-state index in [0.29, 0.717) is 19.3 Å². The van der Waals surface area contributed by atoms with Gasteiger partial charge < -0.3 is 14.2 Å². The van der Waals surface area contributed by atoms with Gasteiger partial charge in [-0.3, -0.25) is 14.4 Å². The highest BCUT2D eigenvalue weighted by molar-refractivity contribution is 5.71. The molecule has 0 unspecified atom stereocenters. The molecule has 0 aliphatic carbocycles. The van der Waals surface area contributed by atoms with Gasteiger partial charge in [0.1, 0.15) is 13.2 Å². The predicted octanol–water partition coefficient (Wildman–Crippen LogP) is 21.6. The molecule has 6 heteroatoms. The Balaban J connectivity index is 4.28. The summed E-state index contributed by atoms with van der Waals surface area (Å²) in [5.74, 6) is 0.857. The summed E-state index contributed by atoms with van der Waals surface area (Å²) in [5.41, 5.74) is 0. The summed E-state index contributed by atoms with van der Waals surface area (Å²) in [5, 5.41) is 0. The molecule has 0 spiro atoms. The minimum Gasteiger partial charge on any atom is -0.462 e. The van der Waals surface area contributed by atoms with Crippen molar-refractivity contribution in [1.29, 1.82) is 0 Å². The van der Waals surface area contributed by atoms with E-state index >= 15 is 0 Å². The molecule has 0 aromatic heterocycles. The summed E-state index contributed by atoms with van der Waals surface area (Å²) in [6.07, 6.45) is 63.9. The van der Waals surface area contributed by atoms with E-state index in [1.807, 2.05) is 0 Å². The third kappa shape index (κ3) is 59.2. The van der Waals surface area contributed by atoms with Gasteiger partial charge in [-0.1, -0.05) is 330 Å². The van der Waals surface area contributed by atoms with Gasteiger partial charge in [0.2, 0.25) is 0 Å². The summed E-state index contributed by atoms with van der Waals surface area (Å²) < 4.78 is 17.0. The number of ether oxygens (including phenoxy) is 3. The zero-order valence-corrected chi connectivity index (χ0v) is 48.9. The first-order chi connectivity index (χ1) is 34.7. The van der Waals surface area contributed by atoms with Crippen molar-refractivity contribution in [1.82, 2.24) is 0 Å². The zero-order chi connectivity index (χ0) is 51.8. The van der Waals surface area contributed by atoms with E-state index < -0.39 is 6.10 Å². The first kappa shape index (κ1) is 69.4. The minimum absolute atomic E-state index is 0.0618. The third-order valence-corrected chi connectivity index (χ3v) is 15.0. The van der Waals surface area contributed by atoms with Crippen LogP contribution in [0.3, 0.4) is 0 Å². The van der Waals surface area contributed by atoms with Crippen LogP contribution in [0.4, 0.5) is 0 Å². The molecule has 0 fully saturated rings. The van der Waals surface area contributed by atoms with E-state index in [4.69, 9.17) is 14.2 Å². The van der Waals surface area contributed by atoms with Gasteiger partial charge in [-0.25, -0.2) is 0 Å². The number of hydrogen-bond donors (Lipinski definition) is 0. The van der Waals surface area contributed by atoms with Crippen LogP contribution >= 0.6 is 0 Å². The van der Waals surface area contributed by atoms with E-state index in [9.17, 15) is 14.4 Å². The molecule has 0 bridgehead atoms. The van der Waals surface area contributed by atoms with Crippen molar-refractivity contribution >= 4 is 17.9 Å². The Labute approximate surface area is 444 Å². The summed E-state index contributed by atoms with van der Waals surface area (Å²) in [4.78, 5) is 38.3. The fourth-order valence-electron chi connectivity index (χ4n) is 10.1. The second kappa shape index (κ2) is 57.7. The van der Waals surface area contributed by atoms with Gasteiger partial charge >= 0.3 is 17.9 Å². The minimum atomic E-state index is -0.764. The normalized spacial score (nSPS) is 12.0. The summed E-state index contributed by atoms with van der Waals surface area (Å²) in [7, 11) is 0. The van der Waals surface area contributed by atoms with Gasteiger partial charge in [0.25, 0.3) is 0 Å². The molecular formula is C65H126O6. The SMILES string of the molecule is CCCCCCCCCCCCCCCCCCCCCC(=O)OC[C@H](COC(=O)CCCCCCCCCCCCCCCC(C)C)OC(=O)CCCCCCCCCCCCCCCCCC(C)C. The Bertz CT molecular complexity index is 1090. The molecule has 0 saturated carbocycles. The van der Waals surface area contributed by atoms with Crippen LogP contribution in [0.2, 0.25) is 0 Å². The number of rotatable bonds is 59. The molecular weight excluding hydrogens is 877 g/mol. The maximum Gasteiger partial charge on any atom is 0.306 e. The van der Waals surface area contributed by atoms with Crippen LogP contribution in [-0.2, 0) is 28.6 Å². The number of hydrogen-bond acceptors (Lipinski definition) is 6. The molecule has 1 atom stereocenters. The fraction of sp³-hybridized carbons (Fsp3) is 0.954. The highest BCUT2D eigenvalue weighted by Crippen LogP contribution is 2.19. The molecule has 0 aliphatic rings. The largest absolute Gasteiger partial charge is 0.462 e. The smallest absolute Gasteiger partial charge is 0.306 e. The van der Waals surface area contributed by atoms with Crippen LogP contribution in [0.15, 0.2) is 0 Å². The first-order valence-corrected chi connectivity index (χ1v) is 32.2. The molecule has 0 aromatic rings. The van der Waals surface area contributed by atoms with Crippen LogP contribution < -0.4 is 0 Å². The predicted molar refractivity (Wildman–Crippen MR) is 307 cm³/mol. The molecule has 71 heavy (non-hydrogen) atoms. The topological polar surface area (TPSA) is 78.9 Å². The van der Waals surface area contributed by atoms with Crippen molar-refractivity contribution in [2.45, 2.75) is 375 Å².